The van der Waals surface area contributed by atoms with Gasteiger partial charge in [0.2, 0.25) is 5.91 Å². The van der Waals surface area contributed by atoms with Crippen LogP contribution in [0.2, 0.25) is 0 Å². The number of fused-ring (bicyclic) bond motifs is 3. The van der Waals surface area contributed by atoms with Crippen molar-refractivity contribution < 1.29 is 14.5 Å². The van der Waals surface area contributed by atoms with Crippen molar-refractivity contribution in [2.75, 3.05) is 0 Å². The van der Waals surface area contributed by atoms with Crippen molar-refractivity contribution in [3.63, 3.8) is 0 Å². The Kier molecular flexibility index (Phi) is 7.09. The topological polar surface area (TPSA) is 117 Å². The number of nitrogens with one attached hydrogen (secondary N) is 1. The van der Waals surface area contributed by atoms with Crippen LogP contribution in [-0.4, -0.2) is 38.7 Å². The molecule has 0 saturated heterocycles. The second kappa shape index (κ2) is 10.8. The van der Waals surface area contributed by atoms with Gasteiger partial charge in [-0.3, -0.25) is 24.7 Å². The molecule has 0 unspecified atom stereocenters. The van der Waals surface area contributed by atoms with Gasteiger partial charge in [0.15, 0.2) is 5.17 Å². The van der Waals surface area contributed by atoms with Crippen LogP contribution >= 0.6 is 11.8 Å². The number of amides is 2. The number of carbonyl (C=O) groups is 2. The van der Waals surface area contributed by atoms with Crippen LogP contribution in [0.3, 0.4) is 0 Å². The summed E-state index contributed by atoms with van der Waals surface area (Å²) in [5, 5.41) is 14.3. The molecule has 2 aliphatic heterocycles. The highest BCUT2D eigenvalue weighted by Crippen LogP contribution is 2.35. The van der Waals surface area contributed by atoms with Crippen molar-refractivity contribution in [2.45, 2.75) is 31.2 Å². The first-order valence-electron chi connectivity index (χ1n) is 11.8. The van der Waals surface area contributed by atoms with E-state index in [1.54, 1.807) is 12.1 Å². The summed E-state index contributed by atoms with van der Waals surface area (Å²) in [5.74, 6) is 0.665. The quantitative estimate of drug-likeness (QED) is 0.349. The lowest BCUT2D eigenvalue weighted by Gasteiger charge is -2.25. The van der Waals surface area contributed by atoms with E-state index < -0.39 is 11.0 Å². The Morgan fingerprint density at radius 3 is 2.49 bits per heavy atom. The van der Waals surface area contributed by atoms with Gasteiger partial charge in [-0.1, -0.05) is 66.4 Å². The van der Waals surface area contributed by atoms with Crippen LogP contribution in [0.5, 0.6) is 0 Å². The molecule has 5 rings (SSSR count). The third kappa shape index (κ3) is 5.44. The van der Waals surface area contributed by atoms with Crippen molar-refractivity contribution in [1.82, 2.24) is 10.2 Å². The van der Waals surface area contributed by atoms with Crippen molar-refractivity contribution in [2.24, 2.45) is 9.98 Å². The lowest BCUT2D eigenvalue weighted by Crippen LogP contribution is -2.41. The lowest BCUT2D eigenvalue weighted by atomic mass is 10.1. The minimum absolute atomic E-state index is 0.0254. The average molecular weight is 514 g/mol. The van der Waals surface area contributed by atoms with E-state index in [0.717, 1.165) is 22.4 Å². The number of thioether (sulfide) groups is 1. The SMILES string of the molecule is O=C(CC[C@@H]1N=C2c3ccccc3N=C(SCc3ccc([N+](=O)[O-])cc3)N2C1=O)NCc1ccccc1. The van der Waals surface area contributed by atoms with E-state index >= 15 is 0 Å². The van der Waals surface area contributed by atoms with Crippen LogP contribution < -0.4 is 5.32 Å². The van der Waals surface area contributed by atoms with Gasteiger partial charge < -0.3 is 5.32 Å². The van der Waals surface area contributed by atoms with Crippen LogP contribution in [0.25, 0.3) is 0 Å². The van der Waals surface area contributed by atoms with Gasteiger partial charge in [0, 0.05) is 36.4 Å². The Labute approximate surface area is 217 Å². The molecule has 3 aromatic carbocycles. The third-order valence-electron chi connectivity index (χ3n) is 6.04. The molecule has 1 atom stereocenters. The fourth-order valence-corrected chi connectivity index (χ4v) is 5.06. The summed E-state index contributed by atoms with van der Waals surface area (Å²) in [6.07, 6.45) is 0.472. The van der Waals surface area contributed by atoms with E-state index in [9.17, 15) is 19.7 Å². The first-order valence-corrected chi connectivity index (χ1v) is 12.7. The maximum atomic E-state index is 13.4. The van der Waals surface area contributed by atoms with Crippen LogP contribution in [0.4, 0.5) is 11.4 Å². The molecule has 0 radical (unpaired) electrons. The monoisotopic (exact) mass is 513 g/mol. The molecule has 2 aliphatic rings. The van der Waals surface area contributed by atoms with Crippen LogP contribution in [0.15, 0.2) is 88.8 Å². The van der Waals surface area contributed by atoms with Gasteiger partial charge in [-0.25, -0.2) is 9.89 Å². The zero-order valence-corrected chi connectivity index (χ0v) is 20.6. The first-order chi connectivity index (χ1) is 18.0. The van der Waals surface area contributed by atoms with Gasteiger partial charge in [-0.15, -0.1) is 0 Å². The minimum atomic E-state index is -0.672. The number of non-ortho nitro benzene ring substituents is 1. The summed E-state index contributed by atoms with van der Waals surface area (Å²) in [4.78, 5) is 47.2. The van der Waals surface area contributed by atoms with Crippen LogP contribution in [0, 0.1) is 10.1 Å². The van der Waals surface area contributed by atoms with Gasteiger partial charge in [0.1, 0.15) is 11.9 Å². The lowest BCUT2D eigenvalue weighted by molar-refractivity contribution is -0.384. The maximum Gasteiger partial charge on any atom is 0.269 e. The summed E-state index contributed by atoms with van der Waals surface area (Å²) < 4.78 is 0. The first kappa shape index (κ1) is 24.4. The third-order valence-corrected chi connectivity index (χ3v) is 7.05. The summed E-state index contributed by atoms with van der Waals surface area (Å²) in [6, 6.07) is 22.8. The summed E-state index contributed by atoms with van der Waals surface area (Å²) in [5.41, 5.74) is 3.39. The molecule has 0 bridgehead atoms. The molecule has 1 N–H and O–H groups in total. The van der Waals surface area contributed by atoms with E-state index in [4.69, 9.17) is 9.98 Å². The van der Waals surface area contributed by atoms with E-state index in [1.807, 2.05) is 54.6 Å². The molecule has 9 nitrogen and oxygen atoms in total. The highest BCUT2D eigenvalue weighted by atomic mass is 32.2. The Bertz CT molecular complexity index is 1410. The number of nitrogens with zero attached hydrogens (tertiary/aromatic N) is 4. The molecule has 2 heterocycles. The Balaban J connectivity index is 1.27. The Morgan fingerprint density at radius 1 is 1.00 bits per heavy atom. The Hall–Kier alpha value is -4.31. The highest BCUT2D eigenvalue weighted by Gasteiger charge is 2.41. The van der Waals surface area contributed by atoms with Crippen molar-refractivity contribution in [3.05, 3.63) is 106 Å². The molecule has 3 aromatic rings. The number of carbonyl (C=O) groups excluding carboxylic acids is 2. The molecule has 10 heteroatoms. The second-order valence-electron chi connectivity index (χ2n) is 8.57. The molecule has 0 aliphatic carbocycles. The van der Waals surface area contributed by atoms with Crippen LogP contribution in [-0.2, 0) is 21.9 Å². The van der Waals surface area contributed by atoms with Gasteiger partial charge in [-0.2, -0.15) is 0 Å². The predicted molar refractivity (Wildman–Crippen MR) is 143 cm³/mol. The molecule has 2 amide bonds. The molecule has 37 heavy (non-hydrogen) atoms. The predicted octanol–water partition coefficient (Wildman–Crippen LogP) is 4.58. The molecular weight excluding hydrogens is 490 g/mol. The summed E-state index contributed by atoms with van der Waals surface area (Å²) in [6.45, 7) is 0.433. The molecule has 186 valence electrons. The minimum Gasteiger partial charge on any atom is -0.352 e. The van der Waals surface area contributed by atoms with Crippen molar-refractivity contribution in [1.29, 1.82) is 0 Å². The number of benzene rings is 3. The van der Waals surface area contributed by atoms with E-state index in [0.29, 0.717) is 29.7 Å². The summed E-state index contributed by atoms with van der Waals surface area (Å²) in [7, 11) is 0. The van der Waals surface area contributed by atoms with Crippen molar-refractivity contribution in [3.8, 4) is 0 Å². The average Bonchev–Trinajstić information content (AvgIpc) is 3.26. The van der Waals surface area contributed by atoms with E-state index in [1.165, 1.54) is 28.8 Å². The van der Waals surface area contributed by atoms with Gasteiger partial charge in [0.25, 0.3) is 11.6 Å². The molecule has 0 saturated carbocycles. The fourth-order valence-electron chi connectivity index (χ4n) is 4.10. The molecule has 0 fully saturated rings. The number of para-hydroxylation sites is 1. The standard InChI is InChI=1S/C27H23N5O4S/c33-24(28-16-18-6-2-1-3-7-18)15-14-23-26(34)31-25(29-23)21-8-4-5-9-22(21)30-27(31)37-17-19-10-12-20(13-11-19)32(35)36/h1-13,23H,14-17H2,(H,28,33)/t23-/m0/s1. The van der Waals surface area contributed by atoms with E-state index in [-0.39, 0.29) is 23.9 Å². The zero-order chi connectivity index (χ0) is 25.8. The number of nitro benzene ring substituents is 1. The maximum absolute atomic E-state index is 13.4. The molecular formula is C27H23N5O4S. The van der Waals surface area contributed by atoms with Gasteiger partial charge >= 0.3 is 0 Å². The zero-order valence-electron chi connectivity index (χ0n) is 19.7. The normalized spacial score (nSPS) is 15.9. The smallest absolute Gasteiger partial charge is 0.269 e. The highest BCUT2D eigenvalue weighted by molar-refractivity contribution is 8.13. The number of amidine groups is 2. The molecule has 0 aromatic heterocycles. The van der Waals surface area contributed by atoms with Gasteiger partial charge in [-0.05, 0) is 29.7 Å². The van der Waals surface area contributed by atoms with Crippen LogP contribution in [0.1, 0.15) is 29.5 Å². The number of hydrogen-bond acceptors (Lipinski definition) is 7. The number of hydrogen-bond donors (Lipinski definition) is 1. The number of rotatable bonds is 8. The summed E-state index contributed by atoms with van der Waals surface area (Å²) >= 11 is 1.37. The van der Waals surface area contributed by atoms with Crippen molar-refractivity contribution >= 4 is 46.0 Å². The number of nitro groups is 1. The molecule has 0 spiro atoms. The second-order valence-corrected chi connectivity index (χ2v) is 9.51. The van der Waals surface area contributed by atoms with E-state index in [2.05, 4.69) is 5.32 Å². The largest absolute Gasteiger partial charge is 0.352 e. The number of aliphatic imine (C=N–C) groups is 2. The Morgan fingerprint density at radius 2 is 1.73 bits per heavy atom. The fraction of sp³-hybridized carbons (Fsp3) is 0.185. The van der Waals surface area contributed by atoms with Gasteiger partial charge in [0.05, 0.1) is 10.6 Å².